The summed E-state index contributed by atoms with van der Waals surface area (Å²) in [5, 5.41) is 2.86. The van der Waals surface area contributed by atoms with Crippen molar-refractivity contribution in [1.29, 1.82) is 0 Å². The standard InChI is InChI=1S/C21H16F2N2O2/c22-15-3-1-14(2-4-15)21(11-12-21)20(26)25-17-7-10-19(24-13-17)27-18-8-5-16(23)6-9-18/h1-10,13H,11-12H2,(H,25,26). The van der Waals surface area contributed by atoms with Crippen molar-refractivity contribution >= 4 is 11.6 Å². The average molecular weight is 366 g/mol. The highest BCUT2D eigenvalue weighted by Gasteiger charge is 2.51. The normalized spacial score (nSPS) is 14.4. The van der Waals surface area contributed by atoms with Gasteiger partial charge in [-0.25, -0.2) is 13.8 Å². The van der Waals surface area contributed by atoms with Crippen LogP contribution in [0, 0.1) is 11.6 Å². The number of pyridine rings is 1. The van der Waals surface area contributed by atoms with Crippen molar-refractivity contribution in [2.45, 2.75) is 18.3 Å². The van der Waals surface area contributed by atoms with Crippen molar-refractivity contribution in [3.8, 4) is 11.6 Å². The summed E-state index contributed by atoms with van der Waals surface area (Å²) in [5.74, 6) is -0.00394. The average Bonchev–Trinajstić information content (AvgIpc) is 3.48. The molecule has 1 aliphatic carbocycles. The fourth-order valence-electron chi connectivity index (χ4n) is 2.93. The fourth-order valence-corrected chi connectivity index (χ4v) is 2.93. The number of halogens is 2. The lowest BCUT2D eigenvalue weighted by molar-refractivity contribution is -0.118. The summed E-state index contributed by atoms with van der Waals surface area (Å²) in [6, 6.07) is 15.0. The quantitative estimate of drug-likeness (QED) is 0.704. The van der Waals surface area contributed by atoms with Crippen molar-refractivity contribution in [3.63, 3.8) is 0 Å². The van der Waals surface area contributed by atoms with E-state index in [9.17, 15) is 13.6 Å². The van der Waals surface area contributed by atoms with E-state index in [1.54, 1.807) is 24.3 Å². The van der Waals surface area contributed by atoms with Gasteiger partial charge in [0, 0.05) is 6.07 Å². The molecule has 0 unspecified atom stereocenters. The van der Waals surface area contributed by atoms with Crippen molar-refractivity contribution in [2.24, 2.45) is 0 Å². The van der Waals surface area contributed by atoms with E-state index >= 15 is 0 Å². The summed E-state index contributed by atoms with van der Waals surface area (Å²) in [4.78, 5) is 16.8. The third-order valence-corrected chi connectivity index (χ3v) is 4.61. The first kappa shape index (κ1) is 17.1. The summed E-state index contributed by atoms with van der Waals surface area (Å²) in [5.41, 5.74) is 0.752. The Bertz CT molecular complexity index is 951. The summed E-state index contributed by atoms with van der Waals surface area (Å²) in [6.45, 7) is 0. The van der Waals surface area contributed by atoms with Crippen LogP contribution >= 0.6 is 0 Å². The van der Waals surface area contributed by atoms with Crippen molar-refractivity contribution in [1.82, 2.24) is 4.98 Å². The van der Waals surface area contributed by atoms with Crippen LogP contribution in [0.3, 0.4) is 0 Å². The molecule has 1 fully saturated rings. The van der Waals surface area contributed by atoms with Gasteiger partial charge in [-0.15, -0.1) is 0 Å². The Balaban J connectivity index is 1.43. The van der Waals surface area contributed by atoms with Gasteiger partial charge in [-0.3, -0.25) is 4.79 Å². The molecule has 1 saturated carbocycles. The molecule has 4 nitrogen and oxygen atoms in total. The Morgan fingerprint density at radius 3 is 2.11 bits per heavy atom. The molecule has 3 aromatic rings. The summed E-state index contributed by atoms with van der Waals surface area (Å²) < 4.78 is 31.6. The molecule has 1 amide bonds. The van der Waals surface area contributed by atoms with Crippen LogP contribution in [0.5, 0.6) is 11.6 Å². The number of carbonyl (C=O) groups excluding carboxylic acids is 1. The Kier molecular flexibility index (Phi) is 4.32. The number of hydrogen-bond acceptors (Lipinski definition) is 3. The largest absolute Gasteiger partial charge is 0.439 e. The Morgan fingerprint density at radius 2 is 1.56 bits per heavy atom. The van der Waals surface area contributed by atoms with Crippen molar-refractivity contribution in [3.05, 3.63) is 84.1 Å². The number of nitrogens with one attached hydrogen (secondary N) is 1. The molecule has 0 aliphatic heterocycles. The smallest absolute Gasteiger partial charge is 0.235 e. The second-order valence-corrected chi connectivity index (χ2v) is 6.48. The molecule has 0 spiro atoms. The van der Waals surface area contributed by atoms with Gasteiger partial charge in [0.05, 0.1) is 17.3 Å². The molecule has 0 saturated heterocycles. The van der Waals surface area contributed by atoms with Crippen LogP contribution in [0.2, 0.25) is 0 Å². The van der Waals surface area contributed by atoms with Crippen LogP contribution in [-0.4, -0.2) is 10.9 Å². The molecule has 0 atom stereocenters. The lowest BCUT2D eigenvalue weighted by atomic mass is 9.95. The first-order valence-corrected chi connectivity index (χ1v) is 8.52. The zero-order valence-corrected chi connectivity index (χ0v) is 14.3. The Hall–Kier alpha value is -3.28. The monoisotopic (exact) mass is 366 g/mol. The van der Waals surface area contributed by atoms with E-state index in [1.165, 1.54) is 42.6 Å². The van der Waals surface area contributed by atoms with E-state index in [2.05, 4.69) is 10.3 Å². The Morgan fingerprint density at radius 1 is 0.926 bits per heavy atom. The predicted octanol–water partition coefficient (Wildman–Crippen LogP) is 4.82. The van der Waals surface area contributed by atoms with E-state index in [-0.39, 0.29) is 17.5 Å². The molecule has 4 rings (SSSR count). The molecular formula is C21H16F2N2O2. The second-order valence-electron chi connectivity index (χ2n) is 6.48. The zero-order chi connectivity index (χ0) is 18.9. The van der Waals surface area contributed by atoms with Gasteiger partial charge in [-0.05, 0) is 60.9 Å². The van der Waals surface area contributed by atoms with E-state index in [4.69, 9.17) is 4.74 Å². The fraction of sp³-hybridized carbons (Fsp3) is 0.143. The molecular weight excluding hydrogens is 350 g/mol. The molecule has 2 aromatic carbocycles. The van der Waals surface area contributed by atoms with Crippen LogP contribution in [0.1, 0.15) is 18.4 Å². The van der Waals surface area contributed by atoms with Gasteiger partial charge in [0.25, 0.3) is 0 Å². The van der Waals surface area contributed by atoms with Crippen LogP contribution < -0.4 is 10.1 Å². The first-order valence-electron chi connectivity index (χ1n) is 8.52. The van der Waals surface area contributed by atoms with E-state index < -0.39 is 5.41 Å². The lowest BCUT2D eigenvalue weighted by Gasteiger charge is -2.16. The van der Waals surface area contributed by atoms with E-state index in [1.807, 2.05) is 0 Å². The highest BCUT2D eigenvalue weighted by molar-refractivity contribution is 6.01. The van der Waals surface area contributed by atoms with Gasteiger partial charge in [-0.1, -0.05) is 12.1 Å². The van der Waals surface area contributed by atoms with Crippen LogP contribution in [0.4, 0.5) is 14.5 Å². The van der Waals surface area contributed by atoms with Gasteiger partial charge in [0.15, 0.2) is 0 Å². The molecule has 1 aliphatic rings. The third kappa shape index (κ3) is 3.65. The van der Waals surface area contributed by atoms with E-state index in [0.29, 0.717) is 17.3 Å². The molecule has 6 heteroatoms. The number of amides is 1. The maximum atomic E-state index is 13.1. The minimum Gasteiger partial charge on any atom is -0.439 e. The van der Waals surface area contributed by atoms with Crippen LogP contribution in [0.15, 0.2) is 66.9 Å². The summed E-state index contributed by atoms with van der Waals surface area (Å²) in [6.07, 6.45) is 2.95. The number of hydrogen-bond donors (Lipinski definition) is 1. The van der Waals surface area contributed by atoms with Crippen molar-refractivity contribution in [2.75, 3.05) is 5.32 Å². The SMILES string of the molecule is O=C(Nc1ccc(Oc2ccc(F)cc2)nc1)C1(c2ccc(F)cc2)CC1. The molecule has 136 valence electrons. The minimum absolute atomic E-state index is 0.136. The maximum Gasteiger partial charge on any atom is 0.235 e. The highest BCUT2D eigenvalue weighted by Crippen LogP contribution is 2.49. The summed E-state index contributed by atoms with van der Waals surface area (Å²) >= 11 is 0. The number of nitrogens with zero attached hydrogens (tertiary/aromatic N) is 1. The van der Waals surface area contributed by atoms with Gasteiger partial charge in [-0.2, -0.15) is 0 Å². The number of anilines is 1. The third-order valence-electron chi connectivity index (χ3n) is 4.61. The molecule has 1 heterocycles. The zero-order valence-electron chi connectivity index (χ0n) is 14.3. The van der Waals surface area contributed by atoms with E-state index in [0.717, 1.165) is 18.4 Å². The molecule has 27 heavy (non-hydrogen) atoms. The predicted molar refractivity (Wildman–Crippen MR) is 96.7 cm³/mol. The number of carbonyl (C=O) groups is 1. The van der Waals surface area contributed by atoms with Gasteiger partial charge >= 0.3 is 0 Å². The molecule has 0 radical (unpaired) electrons. The number of benzene rings is 2. The van der Waals surface area contributed by atoms with Gasteiger partial charge in [0.2, 0.25) is 11.8 Å². The molecule has 1 N–H and O–H groups in total. The molecule has 1 aromatic heterocycles. The van der Waals surface area contributed by atoms with Gasteiger partial charge in [0.1, 0.15) is 17.4 Å². The first-order chi connectivity index (χ1) is 13.0. The Labute approximate surface area is 154 Å². The number of ether oxygens (including phenoxy) is 1. The summed E-state index contributed by atoms with van der Waals surface area (Å²) in [7, 11) is 0. The van der Waals surface area contributed by atoms with Crippen LogP contribution in [-0.2, 0) is 10.2 Å². The number of aromatic nitrogens is 1. The van der Waals surface area contributed by atoms with Crippen LogP contribution in [0.25, 0.3) is 0 Å². The maximum absolute atomic E-state index is 13.1. The topological polar surface area (TPSA) is 51.2 Å². The minimum atomic E-state index is -0.600. The molecule has 0 bridgehead atoms. The lowest BCUT2D eigenvalue weighted by Crippen LogP contribution is -2.27. The van der Waals surface area contributed by atoms with Gasteiger partial charge < -0.3 is 10.1 Å². The second kappa shape index (κ2) is 6.79. The highest BCUT2D eigenvalue weighted by atomic mass is 19.1. The van der Waals surface area contributed by atoms with Crippen molar-refractivity contribution < 1.29 is 18.3 Å². The number of rotatable bonds is 5.